The molecule has 0 saturated carbocycles. The fraction of sp³-hybridized carbons (Fsp3) is 0.619. The third-order valence-electron chi connectivity index (χ3n) is 6.03. The predicted molar refractivity (Wildman–Crippen MR) is 113 cm³/mol. The minimum atomic E-state index is -0.0525. The number of piperidine rings is 1. The Labute approximate surface area is 171 Å². The van der Waals surface area contributed by atoms with Crippen molar-refractivity contribution in [3.63, 3.8) is 0 Å². The summed E-state index contributed by atoms with van der Waals surface area (Å²) in [6, 6.07) is 1.73. The molecule has 3 heterocycles. The molecule has 0 N–H and O–H groups in total. The molecule has 0 aromatic carbocycles. The van der Waals surface area contributed by atoms with Crippen LogP contribution in [-0.4, -0.2) is 60.1 Å². The van der Waals surface area contributed by atoms with Gasteiger partial charge in [0, 0.05) is 51.1 Å². The van der Waals surface area contributed by atoms with Crippen molar-refractivity contribution in [1.29, 1.82) is 0 Å². The van der Waals surface area contributed by atoms with Crippen molar-refractivity contribution in [2.24, 2.45) is 0 Å². The van der Waals surface area contributed by atoms with Crippen LogP contribution in [0.3, 0.4) is 0 Å². The summed E-state index contributed by atoms with van der Waals surface area (Å²) in [5.74, 6) is 1.06. The molecule has 1 aliphatic heterocycles. The molecule has 1 atom stereocenters. The predicted octanol–water partition coefficient (Wildman–Crippen LogP) is 1.84. The largest absolute Gasteiger partial charge is 0.383 e. The number of aromatic nitrogens is 4. The molecule has 0 amide bonds. The smallest absolute Gasteiger partial charge is 0.269 e. The lowest BCUT2D eigenvalue weighted by Gasteiger charge is -2.35. The number of fused-ring (bicyclic) bond motifs is 1. The maximum Gasteiger partial charge on any atom is 0.269 e. The van der Waals surface area contributed by atoms with Gasteiger partial charge in [0.1, 0.15) is 12.1 Å². The molecule has 0 spiro atoms. The van der Waals surface area contributed by atoms with Crippen molar-refractivity contribution in [2.75, 3.05) is 50.2 Å². The number of likely N-dealkylation sites (N-methyl/N-ethyl adjacent to an activating group) is 1. The lowest BCUT2D eigenvalue weighted by atomic mass is 9.95. The maximum atomic E-state index is 12.8. The van der Waals surface area contributed by atoms with E-state index in [1.54, 1.807) is 30.4 Å². The van der Waals surface area contributed by atoms with Gasteiger partial charge < -0.3 is 14.5 Å². The lowest BCUT2D eigenvalue weighted by molar-refractivity contribution is 0.206. The van der Waals surface area contributed by atoms with Gasteiger partial charge in [-0.15, -0.1) is 0 Å². The molecule has 0 unspecified atom stereocenters. The molecule has 4 rings (SSSR count). The van der Waals surface area contributed by atoms with Gasteiger partial charge >= 0.3 is 0 Å². The topological polar surface area (TPSA) is 76.4 Å². The first-order valence-corrected chi connectivity index (χ1v) is 10.5. The zero-order chi connectivity index (χ0) is 20.2. The summed E-state index contributed by atoms with van der Waals surface area (Å²) < 4.78 is 6.76. The van der Waals surface area contributed by atoms with E-state index in [1.807, 2.05) is 11.9 Å². The molecular weight excluding hydrogens is 368 g/mol. The van der Waals surface area contributed by atoms with Gasteiger partial charge in [0.2, 0.25) is 0 Å². The second-order valence-electron chi connectivity index (χ2n) is 7.98. The first kappa shape index (κ1) is 19.8. The van der Waals surface area contributed by atoms with Crippen LogP contribution in [0.4, 0.5) is 11.5 Å². The Morgan fingerprint density at radius 2 is 2.10 bits per heavy atom. The minimum Gasteiger partial charge on any atom is -0.383 e. The van der Waals surface area contributed by atoms with Crippen LogP contribution in [0.2, 0.25) is 0 Å². The minimum absolute atomic E-state index is 0.0525. The van der Waals surface area contributed by atoms with E-state index in [4.69, 9.17) is 4.74 Å². The van der Waals surface area contributed by atoms with Crippen LogP contribution in [0.25, 0.3) is 0 Å². The van der Waals surface area contributed by atoms with E-state index in [1.165, 1.54) is 24.1 Å². The second-order valence-corrected chi connectivity index (χ2v) is 7.98. The van der Waals surface area contributed by atoms with E-state index < -0.39 is 0 Å². The molecule has 2 aromatic rings. The van der Waals surface area contributed by atoms with Crippen molar-refractivity contribution in [3.05, 3.63) is 40.2 Å². The molecule has 156 valence electrons. The first-order chi connectivity index (χ1) is 14.2. The number of nitrogens with zero attached hydrogens (tertiary/aromatic N) is 6. The third-order valence-corrected chi connectivity index (χ3v) is 6.03. The van der Waals surface area contributed by atoms with Gasteiger partial charge in [0.25, 0.3) is 5.56 Å². The summed E-state index contributed by atoms with van der Waals surface area (Å²) >= 11 is 0. The van der Waals surface area contributed by atoms with Crippen LogP contribution < -0.4 is 15.4 Å². The van der Waals surface area contributed by atoms with Crippen molar-refractivity contribution < 1.29 is 4.74 Å². The average Bonchev–Trinajstić information content (AvgIpc) is 2.77. The van der Waals surface area contributed by atoms with Crippen molar-refractivity contribution >= 4 is 11.5 Å². The van der Waals surface area contributed by atoms with Crippen molar-refractivity contribution in [2.45, 2.75) is 44.6 Å². The highest BCUT2D eigenvalue weighted by Gasteiger charge is 2.27. The van der Waals surface area contributed by atoms with Crippen LogP contribution in [-0.2, 0) is 17.6 Å². The number of aryl methyl sites for hydroxylation is 1. The first-order valence-electron chi connectivity index (χ1n) is 10.5. The number of hydrogen-bond acceptors (Lipinski definition) is 7. The Bertz CT molecular complexity index is 899. The van der Waals surface area contributed by atoms with E-state index >= 15 is 0 Å². The van der Waals surface area contributed by atoms with Crippen LogP contribution in [0, 0.1) is 0 Å². The van der Waals surface area contributed by atoms with Gasteiger partial charge in [-0.05, 0) is 38.5 Å². The van der Waals surface area contributed by atoms with E-state index in [0.29, 0.717) is 6.61 Å². The summed E-state index contributed by atoms with van der Waals surface area (Å²) in [5, 5.41) is 4.51. The van der Waals surface area contributed by atoms with Gasteiger partial charge in [-0.25, -0.2) is 14.6 Å². The van der Waals surface area contributed by atoms with Gasteiger partial charge in [0.05, 0.1) is 24.5 Å². The number of hydrogen-bond donors (Lipinski definition) is 0. The fourth-order valence-corrected chi connectivity index (χ4v) is 4.37. The summed E-state index contributed by atoms with van der Waals surface area (Å²) in [6.07, 6.45) is 9.94. The highest BCUT2D eigenvalue weighted by Crippen LogP contribution is 2.30. The normalized spacial score (nSPS) is 19.1. The highest BCUT2D eigenvalue weighted by atomic mass is 16.5. The van der Waals surface area contributed by atoms with Crippen molar-refractivity contribution in [3.8, 4) is 0 Å². The van der Waals surface area contributed by atoms with Crippen LogP contribution in [0.15, 0.2) is 23.4 Å². The molecule has 2 aliphatic rings. The van der Waals surface area contributed by atoms with Crippen molar-refractivity contribution in [1.82, 2.24) is 19.7 Å². The van der Waals surface area contributed by atoms with Crippen LogP contribution in [0.5, 0.6) is 0 Å². The Morgan fingerprint density at radius 1 is 1.24 bits per heavy atom. The Hall–Kier alpha value is -2.48. The molecule has 0 bridgehead atoms. The molecular formula is C21H30N6O2. The zero-order valence-electron chi connectivity index (χ0n) is 17.4. The number of methoxy groups -OCH3 is 1. The fourth-order valence-electron chi connectivity index (χ4n) is 4.37. The summed E-state index contributed by atoms with van der Waals surface area (Å²) in [6.45, 7) is 3.06. The van der Waals surface area contributed by atoms with Crippen LogP contribution in [0.1, 0.15) is 43.0 Å². The van der Waals surface area contributed by atoms with Crippen LogP contribution >= 0.6 is 0 Å². The van der Waals surface area contributed by atoms with E-state index in [2.05, 4.69) is 20.0 Å². The molecule has 8 heteroatoms. The molecule has 2 aromatic heterocycles. The third kappa shape index (κ3) is 4.27. The van der Waals surface area contributed by atoms with E-state index in [9.17, 15) is 4.79 Å². The summed E-state index contributed by atoms with van der Waals surface area (Å²) in [5.41, 5.74) is 3.26. The monoisotopic (exact) mass is 398 g/mol. The standard InChI is InChI=1S/C21H30N6O2/c1-25(10-11-29-2)17-12-20(28)27(24-13-17)16-6-5-9-26(14-16)21-18-7-3-4-8-19(18)22-15-23-21/h12-13,15-16H,3-11,14H2,1-2H3/t16-/m0/s1. The van der Waals surface area contributed by atoms with E-state index in [0.717, 1.165) is 56.8 Å². The summed E-state index contributed by atoms with van der Waals surface area (Å²) in [4.78, 5) is 26.2. The van der Waals surface area contributed by atoms with Gasteiger partial charge in [-0.2, -0.15) is 5.10 Å². The number of rotatable bonds is 6. The Morgan fingerprint density at radius 3 is 2.93 bits per heavy atom. The molecule has 29 heavy (non-hydrogen) atoms. The van der Waals surface area contributed by atoms with Gasteiger partial charge in [-0.3, -0.25) is 4.79 Å². The molecule has 0 radical (unpaired) electrons. The zero-order valence-corrected chi connectivity index (χ0v) is 17.4. The van der Waals surface area contributed by atoms with E-state index in [-0.39, 0.29) is 11.6 Å². The second kappa shape index (κ2) is 8.90. The molecule has 1 fully saturated rings. The van der Waals surface area contributed by atoms with Gasteiger partial charge in [0.15, 0.2) is 0 Å². The molecule has 8 nitrogen and oxygen atoms in total. The maximum absolute atomic E-state index is 12.8. The summed E-state index contributed by atoms with van der Waals surface area (Å²) in [7, 11) is 3.62. The highest BCUT2D eigenvalue weighted by molar-refractivity contribution is 5.50. The molecule has 1 aliphatic carbocycles. The Kier molecular flexibility index (Phi) is 6.08. The Balaban J connectivity index is 1.53. The quantitative estimate of drug-likeness (QED) is 0.735. The SMILES string of the molecule is COCCN(C)c1cnn([C@H]2CCCN(c3ncnc4c3CCCC4)C2)c(=O)c1. The molecule has 1 saturated heterocycles. The lowest BCUT2D eigenvalue weighted by Crippen LogP contribution is -2.41. The number of ether oxygens (including phenoxy) is 1. The van der Waals surface area contributed by atoms with Gasteiger partial charge in [-0.1, -0.05) is 0 Å². The number of anilines is 2. The average molecular weight is 399 g/mol.